The van der Waals surface area contributed by atoms with Gasteiger partial charge >= 0.3 is 0 Å². The molecule has 0 radical (unpaired) electrons. The Morgan fingerprint density at radius 2 is 2.07 bits per heavy atom. The number of carbonyl (C=O) groups excluding carboxylic acids is 1. The van der Waals surface area contributed by atoms with Gasteiger partial charge in [-0.25, -0.2) is 0 Å². The Labute approximate surface area is 92.5 Å². The van der Waals surface area contributed by atoms with Crippen LogP contribution < -0.4 is 16.0 Å². The van der Waals surface area contributed by atoms with E-state index in [1.807, 2.05) is 14.1 Å². The second-order valence-corrected chi connectivity index (χ2v) is 3.67. The minimum atomic E-state index is 0.126. The summed E-state index contributed by atoms with van der Waals surface area (Å²) in [6.45, 7) is 6.86. The van der Waals surface area contributed by atoms with E-state index < -0.39 is 0 Å². The molecule has 0 aromatic rings. The molecule has 4 heteroatoms. The third-order valence-electron chi connectivity index (χ3n) is 2.25. The summed E-state index contributed by atoms with van der Waals surface area (Å²) in [7, 11) is 3.85. The number of nitrogens with one attached hydrogen (secondary N) is 3. The van der Waals surface area contributed by atoms with Crippen molar-refractivity contribution in [3.63, 3.8) is 0 Å². The monoisotopic (exact) mass is 213 g/mol. The van der Waals surface area contributed by atoms with Crippen LogP contribution in [-0.4, -0.2) is 39.0 Å². The molecule has 1 atom stereocenters. The van der Waals surface area contributed by atoms with Crippen LogP contribution in [0.2, 0.25) is 0 Å². The molecule has 0 aliphatic rings. The zero-order valence-electron chi connectivity index (χ0n) is 10.0. The molecular weight excluding hydrogens is 190 g/mol. The third-order valence-corrected chi connectivity index (χ3v) is 2.25. The van der Waals surface area contributed by atoms with Gasteiger partial charge in [0.25, 0.3) is 0 Å². The van der Waals surface area contributed by atoms with Gasteiger partial charge in [-0.05, 0) is 40.4 Å². The van der Waals surface area contributed by atoms with Crippen molar-refractivity contribution >= 4 is 5.78 Å². The van der Waals surface area contributed by atoms with Crippen molar-refractivity contribution < 1.29 is 4.79 Å². The van der Waals surface area contributed by atoms with Crippen LogP contribution in [-0.2, 0) is 4.79 Å². The van der Waals surface area contributed by atoms with Crippen LogP contribution in [0.4, 0.5) is 0 Å². The molecule has 0 heterocycles. The Balaban J connectivity index is 3.82. The predicted molar refractivity (Wildman–Crippen MR) is 63.8 cm³/mol. The van der Waals surface area contributed by atoms with Crippen molar-refractivity contribution in [2.45, 2.75) is 25.8 Å². The van der Waals surface area contributed by atoms with E-state index in [1.165, 1.54) is 0 Å². The first-order chi connectivity index (χ1) is 7.11. The minimum absolute atomic E-state index is 0.126. The number of Topliss-reactive ketones (excluding diaryl/α,β-unsaturated/α-hetero) is 1. The van der Waals surface area contributed by atoms with Gasteiger partial charge < -0.3 is 16.0 Å². The standard InChI is InChI=1S/C11H23N3O/c1-9(15)8-14-10(2)11(13-4)6-5-7-12-3/h11-14H,2,5-8H2,1,3-4H3. The van der Waals surface area contributed by atoms with E-state index >= 15 is 0 Å². The molecule has 0 aromatic heterocycles. The van der Waals surface area contributed by atoms with Gasteiger partial charge in [0, 0.05) is 11.7 Å². The van der Waals surface area contributed by atoms with Gasteiger partial charge in [0.2, 0.25) is 0 Å². The average Bonchev–Trinajstić information content (AvgIpc) is 2.21. The summed E-state index contributed by atoms with van der Waals surface area (Å²) in [4.78, 5) is 10.8. The van der Waals surface area contributed by atoms with Crippen molar-refractivity contribution in [1.29, 1.82) is 0 Å². The Kier molecular flexibility index (Phi) is 7.95. The minimum Gasteiger partial charge on any atom is -0.380 e. The topological polar surface area (TPSA) is 53.2 Å². The summed E-state index contributed by atoms with van der Waals surface area (Å²) < 4.78 is 0. The van der Waals surface area contributed by atoms with Crippen LogP contribution in [0.25, 0.3) is 0 Å². The molecule has 15 heavy (non-hydrogen) atoms. The largest absolute Gasteiger partial charge is 0.380 e. The first kappa shape index (κ1) is 14.1. The van der Waals surface area contributed by atoms with Crippen molar-refractivity contribution in [3.05, 3.63) is 12.3 Å². The molecule has 0 rings (SSSR count). The molecule has 0 fully saturated rings. The van der Waals surface area contributed by atoms with Gasteiger partial charge in [-0.2, -0.15) is 0 Å². The number of carbonyl (C=O) groups is 1. The lowest BCUT2D eigenvalue weighted by Gasteiger charge is -2.19. The predicted octanol–water partition coefficient (Wildman–Crippen LogP) is 0.266. The van der Waals surface area contributed by atoms with Crippen molar-refractivity contribution in [3.8, 4) is 0 Å². The van der Waals surface area contributed by atoms with Gasteiger partial charge in [0.15, 0.2) is 0 Å². The van der Waals surface area contributed by atoms with Gasteiger partial charge in [0.1, 0.15) is 5.78 Å². The van der Waals surface area contributed by atoms with E-state index in [0.717, 1.165) is 25.1 Å². The van der Waals surface area contributed by atoms with Gasteiger partial charge in [-0.1, -0.05) is 6.58 Å². The van der Waals surface area contributed by atoms with E-state index in [2.05, 4.69) is 22.5 Å². The lowest BCUT2D eigenvalue weighted by molar-refractivity contribution is -0.116. The molecule has 0 amide bonds. The van der Waals surface area contributed by atoms with Crippen LogP contribution in [0.5, 0.6) is 0 Å². The van der Waals surface area contributed by atoms with Crippen molar-refractivity contribution in [2.24, 2.45) is 0 Å². The second-order valence-electron chi connectivity index (χ2n) is 3.67. The molecular formula is C11H23N3O. The number of likely N-dealkylation sites (N-methyl/N-ethyl adjacent to an activating group) is 1. The summed E-state index contributed by atoms with van der Waals surface area (Å²) in [5.74, 6) is 0.126. The van der Waals surface area contributed by atoms with Crippen molar-refractivity contribution in [2.75, 3.05) is 27.2 Å². The highest BCUT2D eigenvalue weighted by atomic mass is 16.1. The molecule has 0 bridgehead atoms. The van der Waals surface area contributed by atoms with Crippen LogP contribution in [0, 0.1) is 0 Å². The normalized spacial score (nSPS) is 12.2. The molecule has 88 valence electrons. The number of rotatable bonds is 9. The molecule has 3 N–H and O–H groups in total. The summed E-state index contributed by atoms with van der Waals surface area (Å²) in [5.41, 5.74) is 0.892. The fourth-order valence-corrected chi connectivity index (χ4v) is 1.34. The smallest absolute Gasteiger partial charge is 0.148 e. The Morgan fingerprint density at radius 3 is 2.53 bits per heavy atom. The van der Waals surface area contributed by atoms with Crippen LogP contribution in [0.3, 0.4) is 0 Å². The van der Waals surface area contributed by atoms with Crippen molar-refractivity contribution in [1.82, 2.24) is 16.0 Å². The molecule has 1 unspecified atom stereocenters. The highest BCUT2D eigenvalue weighted by Crippen LogP contribution is 2.03. The van der Waals surface area contributed by atoms with Gasteiger partial charge in [-0.15, -0.1) is 0 Å². The first-order valence-electron chi connectivity index (χ1n) is 5.35. The number of ketones is 1. The molecule has 0 spiro atoms. The van der Waals surface area contributed by atoms with Gasteiger partial charge in [0.05, 0.1) is 6.54 Å². The van der Waals surface area contributed by atoms with E-state index in [0.29, 0.717) is 6.54 Å². The van der Waals surface area contributed by atoms with Gasteiger partial charge in [-0.3, -0.25) is 4.79 Å². The lowest BCUT2D eigenvalue weighted by Crippen LogP contribution is -2.35. The second kappa shape index (κ2) is 8.44. The molecule has 0 aromatic carbocycles. The maximum absolute atomic E-state index is 10.8. The Morgan fingerprint density at radius 1 is 1.40 bits per heavy atom. The molecule has 0 saturated carbocycles. The number of hydrogen-bond donors (Lipinski definition) is 3. The highest BCUT2D eigenvalue weighted by Gasteiger charge is 2.09. The molecule has 0 aliphatic carbocycles. The zero-order valence-corrected chi connectivity index (χ0v) is 10.0. The maximum atomic E-state index is 10.8. The average molecular weight is 213 g/mol. The van der Waals surface area contributed by atoms with Crippen LogP contribution in [0.15, 0.2) is 12.3 Å². The summed E-state index contributed by atoms with van der Waals surface area (Å²) in [5, 5.41) is 9.32. The highest BCUT2D eigenvalue weighted by molar-refractivity contribution is 5.77. The fraction of sp³-hybridized carbons (Fsp3) is 0.727. The number of hydrogen-bond acceptors (Lipinski definition) is 4. The summed E-state index contributed by atoms with van der Waals surface area (Å²) >= 11 is 0. The molecule has 0 aliphatic heterocycles. The van der Waals surface area contributed by atoms with E-state index in [-0.39, 0.29) is 11.8 Å². The van der Waals surface area contributed by atoms with E-state index in [1.54, 1.807) is 6.92 Å². The molecule has 0 saturated heterocycles. The van der Waals surface area contributed by atoms with Crippen LogP contribution >= 0.6 is 0 Å². The third kappa shape index (κ3) is 7.11. The fourth-order valence-electron chi connectivity index (χ4n) is 1.34. The van der Waals surface area contributed by atoms with Crippen LogP contribution in [0.1, 0.15) is 19.8 Å². The first-order valence-corrected chi connectivity index (χ1v) is 5.35. The Hall–Kier alpha value is -0.870. The molecule has 4 nitrogen and oxygen atoms in total. The lowest BCUT2D eigenvalue weighted by atomic mass is 10.1. The summed E-state index contributed by atoms with van der Waals surface area (Å²) in [6.07, 6.45) is 2.10. The van der Waals surface area contributed by atoms with E-state index in [9.17, 15) is 4.79 Å². The SMILES string of the molecule is C=C(NCC(C)=O)C(CCCNC)NC. The zero-order chi connectivity index (χ0) is 11.7. The van der Waals surface area contributed by atoms with E-state index in [4.69, 9.17) is 0 Å². The summed E-state index contributed by atoms with van der Waals surface area (Å²) in [6, 6.07) is 0.234. The Bertz CT molecular complexity index is 204. The maximum Gasteiger partial charge on any atom is 0.148 e. The quantitative estimate of drug-likeness (QED) is 0.481.